The molecule has 1 atom stereocenters. The van der Waals surface area contributed by atoms with Crippen molar-refractivity contribution in [2.24, 2.45) is 0 Å². The molecule has 2 aliphatic heterocycles. The molecule has 7 heteroatoms. The van der Waals surface area contributed by atoms with E-state index in [-0.39, 0.29) is 11.9 Å². The molecule has 0 unspecified atom stereocenters. The van der Waals surface area contributed by atoms with Gasteiger partial charge in [0.1, 0.15) is 11.8 Å². The van der Waals surface area contributed by atoms with Gasteiger partial charge in [-0.2, -0.15) is 4.98 Å². The van der Waals surface area contributed by atoms with Gasteiger partial charge in [-0.3, -0.25) is 4.79 Å². The highest BCUT2D eigenvalue weighted by atomic mass is 16.5. The van der Waals surface area contributed by atoms with Crippen LogP contribution >= 0.6 is 0 Å². The molecule has 0 saturated carbocycles. The zero-order valence-corrected chi connectivity index (χ0v) is 16.5. The van der Waals surface area contributed by atoms with Gasteiger partial charge in [-0.1, -0.05) is 12.1 Å². The third-order valence-corrected chi connectivity index (χ3v) is 5.44. The quantitative estimate of drug-likeness (QED) is 0.810. The second-order valence-corrected chi connectivity index (χ2v) is 7.59. The minimum absolute atomic E-state index is 0.183. The van der Waals surface area contributed by atoms with E-state index in [9.17, 15) is 4.79 Å². The van der Waals surface area contributed by atoms with E-state index in [0.717, 1.165) is 56.9 Å². The van der Waals surface area contributed by atoms with E-state index in [4.69, 9.17) is 4.74 Å². The molecule has 1 aromatic carbocycles. The van der Waals surface area contributed by atoms with Crippen LogP contribution in [0, 0.1) is 6.92 Å². The third-order valence-electron chi connectivity index (χ3n) is 5.44. The summed E-state index contributed by atoms with van der Waals surface area (Å²) in [6.45, 7) is 6.24. The molecule has 148 valence electrons. The molecular formula is C21H27N5O2. The molecule has 2 aliphatic rings. The summed E-state index contributed by atoms with van der Waals surface area (Å²) in [5, 5.41) is 0. The number of carbonyl (C=O) groups excluding carboxylic acids is 1. The molecule has 2 aromatic rings. The summed E-state index contributed by atoms with van der Waals surface area (Å²) >= 11 is 0. The number of anilines is 1. The lowest BCUT2D eigenvalue weighted by atomic mass is 10.1. The highest BCUT2D eigenvalue weighted by molar-refractivity contribution is 5.85. The lowest BCUT2D eigenvalue weighted by molar-refractivity contribution is -0.134. The van der Waals surface area contributed by atoms with Gasteiger partial charge in [0.25, 0.3) is 0 Å². The zero-order valence-electron chi connectivity index (χ0n) is 16.5. The number of ether oxygens (including phenoxy) is 1. The summed E-state index contributed by atoms with van der Waals surface area (Å²) in [5.74, 6) is 2.00. The fraction of sp³-hybridized carbons (Fsp3) is 0.476. The van der Waals surface area contributed by atoms with E-state index >= 15 is 0 Å². The van der Waals surface area contributed by atoms with E-state index in [1.807, 2.05) is 41.0 Å². The van der Waals surface area contributed by atoms with Gasteiger partial charge in [-0.25, -0.2) is 4.98 Å². The van der Waals surface area contributed by atoms with Crippen LogP contribution in [-0.2, 0) is 4.79 Å². The molecule has 0 spiro atoms. The number of hydrogen-bond donors (Lipinski definition) is 0. The Morgan fingerprint density at radius 1 is 1.14 bits per heavy atom. The maximum absolute atomic E-state index is 13.1. The summed E-state index contributed by atoms with van der Waals surface area (Å²) in [6.07, 6.45) is 3.51. The number of piperazine rings is 1. The lowest BCUT2D eigenvalue weighted by Crippen LogP contribution is -2.53. The molecule has 28 heavy (non-hydrogen) atoms. The van der Waals surface area contributed by atoms with Gasteiger partial charge >= 0.3 is 0 Å². The topological polar surface area (TPSA) is 61.8 Å². The third kappa shape index (κ3) is 4.09. The predicted octanol–water partition coefficient (Wildman–Crippen LogP) is 2.32. The van der Waals surface area contributed by atoms with Crippen molar-refractivity contribution in [3.63, 3.8) is 0 Å². The average molecular weight is 381 g/mol. The van der Waals surface area contributed by atoms with Crippen LogP contribution in [0.4, 0.5) is 5.95 Å². The summed E-state index contributed by atoms with van der Waals surface area (Å²) in [7, 11) is 2.09. The molecule has 4 rings (SSSR count). The Hall–Kier alpha value is -2.67. The summed E-state index contributed by atoms with van der Waals surface area (Å²) in [4.78, 5) is 28.4. The SMILES string of the molecule is Cc1cccc(Oc2ccnc(N3CCC[C@H]3C(=O)N3CCN(C)CC3)n2)c1. The number of aryl methyl sites for hydroxylation is 1. The normalized spacial score (nSPS) is 20.4. The first kappa shape index (κ1) is 18.7. The first-order chi connectivity index (χ1) is 13.6. The fourth-order valence-electron chi connectivity index (χ4n) is 3.83. The van der Waals surface area contributed by atoms with Crippen LogP contribution in [0.5, 0.6) is 11.6 Å². The smallest absolute Gasteiger partial charge is 0.245 e. The maximum Gasteiger partial charge on any atom is 0.245 e. The molecule has 2 saturated heterocycles. The predicted molar refractivity (Wildman–Crippen MR) is 108 cm³/mol. The second kappa shape index (κ2) is 8.14. The Bertz CT molecular complexity index is 835. The molecule has 0 radical (unpaired) electrons. The van der Waals surface area contributed by atoms with Gasteiger partial charge in [0.15, 0.2) is 0 Å². The first-order valence-electron chi connectivity index (χ1n) is 9.92. The standard InChI is InChI=1S/C21H27N5O2/c1-16-5-3-6-17(15-16)28-19-8-9-22-21(23-19)26-10-4-7-18(26)20(27)25-13-11-24(2)12-14-25/h3,5-6,8-9,15,18H,4,7,10-14H2,1-2H3/t18-/m0/s1. The number of nitrogens with zero attached hydrogens (tertiary/aromatic N) is 5. The van der Waals surface area contributed by atoms with Crippen LogP contribution in [0.1, 0.15) is 18.4 Å². The molecule has 0 bridgehead atoms. The van der Waals surface area contributed by atoms with E-state index in [2.05, 4.69) is 21.9 Å². The zero-order chi connectivity index (χ0) is 19.5. The van der Waals surface area contributed by atoms with Crippen LogP contribution in [0.3, 0.4) is 0 Å². The van der Waals surface area contributed by atoms with Crippen LogP contribution in [0.25, 0.3) is 0 Å². The van der Waals surface area contributed by atoms with Crippen molar-refractivity contribution in [2.45, 2.75) is 25.8 Å². The van der Waals surface area contributed by atoms with Gasteiger partial charge in [0.05, 0.1) is 0 Å². The van der Waals surface area contributed by atoms with Crippen LogP contribution in [0.2, 0.25) is 0 Å². The molecule has 0 aliphatic carbocycles. The first-order valence-corrected chi connectivity index (χ1v) is 9.92. The van der Waals surface area contributed by atoms with Crippen LogP contribution in [-0.4, -0.2) is 71.5 Å². The van der Waals surface area contributed by atoms with Crippen molar-refractivity contribution < 1.29 is 9.53 Å². The average Bonchev–Trinajstić information content (AvgIpc) is 3.18. The number of aromatic nitrogens is 2. The summed E-state index contributed by atoms with van der Waals surface area (Å²) in [5.41, 5.74) is 1.13. The molecule has 7 nitrogen and oxygen atoms in total. The van der Waals surface area contributed by atoms with Gasteiger partial charge in [-0.15, -0.1) is 0 Å². The minimum Gasteiger partial charge on any atom is -0.439 e. The van der Waals surface area contributed by atoms with Crippen molar-refractivity contribution in [3.8, 4) is 11.6 Å². The Morgan fingerprint density at radius 2 is 1.96 bits per heavy atom. The van der Waals surface area contributed by atoms with E-state index in [1.165, 1.54) is 0 Å². The molecule has 0 N–H and O–H groups in total. The van der Waals surface area contributed by atoms with Gasteiger partial charge in [-0.05, 0) is 44.5 Å². The number of amides is 1. The Morgan fingerprint density at radius 3 is 2.75 bits per heavy atom. The van der Waals surface area contributed by atoms with E-state index in [1.54, 1.807) is 12.3 Å². The van der Waals surface area contributed by atoms with Crippen LogP contribution in [0.15, 0.2) is 36.5 Å². The van der Waals surface area contributed by atoms with Crippen molar-refractivity contribution in [3.05, 3.63) is 42.1 Å². The van der Waals surface area contributed by atoms with Gasteiger partial charge < -0.3 is 19.4 Å². The van der Waals surface area contributed by atoms with Crippen LogP contribution < -0.4 is 9.64 Å². The molecule has 1 amide bonds. The Balaban J connectivity index is 1.49. The highest BCUT2D eigenvalue weighted by Gasteiger charge is 2.36. The Labute approximate surface area is 165 Å². The minimum atomic E-state index is -0.183. The number of carbonyl (C=O) groups is 1. The summed E-state index contributed by atoms with van der Waals surface area (Å²) in [6, 6.07) is 9.42. The number of benzene rings is 1. The highest BCUT2D eigenvalue weighted by Crippen LogP contribution is 2.27. The summed E-state index contributed by atoms with van der Waals surface area (Å²) < 4.78 is 5.90. The maximum atomic E-state index is 13.1. The molecule has 3 heterocycles. The number of likely N-dealkylation sites (N-methyl/N-ethyl adjacent to an activating group) is 1. The fourth-order valence-corrected chi connectivity index (χ4v) is 3.83. The lowest BCUT2D eigenvalue weighted by Gasteiger charge is -2.35. The molecule has 1 aromatic heterocycles. The van der Waals surface area contributed by atoms with E-state index < -0.39 is 0 Å². The van der Waals surface area contributed by atoms with Gasteiger partial charge in [0, 0.05) is 45.0 Å². The molecular weight excluding hydrogens is 354 g/mol. The van der Waals surface area contributed by atoms with Gasteiger partial charge in [0.2, 0.25) is 17.7 Å². The number of rotatable bonds is 4. The molecule has 2 fully saturated rings. The van der Waals surface area contributed by atoms with Crippen molar-refractivity contribution >= 4 is 11.9 Å². The monoisotopic (exact) mass is 381 g/mol. The van der Waals surface area contributed by atoms with E-state index in [0.29, 0.717) is 11.8 Å². The second-order valence-electron chi connectivity index (χ2n) is 7.59. The van der Waals surface area contributed by atoms with Crippen molar-refractivity contribution in [1.29, 1.82) is 0 Å². The number of hydrogen-bond acceptors (Lipinski definition) is 6. The largest absolute Gasteiger partial charge is 0.439 e. The van der Waals surface area contributed by atoms with Crippen molar-refractivity contribution in [1.82, 2.24) is 19.8 Å². The van der Waals surface area contributed by atoms with Crippen molar-refractivity contribution in [2.75, 3.05) is 44.7 Å². The Kier molecular flexibility index (Phi) is 5.43.